The number of thioether (sulfide) groups is 1. The van der Waals surface area contributed by atoms with Crippen LogP contribution in [0.25, 0.3) is 10.9 Å². The summed E-state index contributed by atoms with van der Waals surface area (Å²) in [6.07, 6.45) is 0.305. The lowest BCUT2D eigenvalue weighted by molar-refractivity contribution is -0.185. The zero-order chi connectivity index (χ0) is 41.2. The first-order valence-electron chi connectivity index (χ1n) is 20.1. The van der Waals surface area contributed by atoms with E-state index >= 15 is 4.79 Å². The van der Waals surface area contributed by atoms with Gasteiger partial charge in [-0.25, -0.2) is 4.79 Å². The lowest BCUT2D eigenvalue weighted by Gasteiger charge is -2.61. The second-order valence-corrected chi connectivity index (χ2v) is 17.8. The molecule has 1 aromatic heterocycles. The molecule has 312 valence electrons. The Balaban J connectivity index is 1.20. The summed E-state index contributed by atoms with van der Waals surface area (Å²) in [7, 11) is 5.16. The Kier molecular flexibility index (Phi) is 9.08. The van der Waals surface area contributed by atoms with Crippen molar-refractivity contribution in [1.82, 2.24) is 20.1 Å². The second kappa shape index (κ2) is 13.9. The molecular formula is C43H49N5O10S. The van der Waals surface area contributed by atoms with Crippen LogP contribution < -0.4 is 34.7 Å². The molecule has 4 bridgehead atoms. The van der Waals surface area contributed by atoms with E-state index in [4.69, 9.17) is 34.2 Å². The maximum Gasteiger partial charge on any atom is 0.332 e. The standard InChI is InChI=1S/C43H49N5O10S/c1-18-11-21-12-27-41(51)48-28-16-55-42(52)43(40-25(13-22(15-44)46-43)24-14-23(53-5)7-8-26(24)45-40)9-10-59-39(33(48)32(47(27)4)29(21)34(50)35(18)54-6)31-30(28)38-37(56-17-57-38)19(2)36(31)58-20(3)49/h7-8,11,14,22,27-28,32-33,39,41,45-46,50-51H,9-10,12-13,15-17,44H2,1-6H3/t22-,27-,28-,32-,33+,39?,41-,43-/m1/s1. The molecule has 3 aromatic carbocycles. The Morgan fingerprint density at radius 3 is 2.61 bits per heavy atom. The van der Waals surface area contributed by atoms with Gasteiger partial charge in [0.2, 0.25) is 6.79 Å². The highest BCUT2D eigenvalue weighted by Crippen LogP contribution is 2.64. The summed E-state index contributed by atoms with van der Waals surface area (Å²) in [5.41, 5.74) is 12.1. The fourth-order valence-electron chi connectivity index (χ4n) is 11.1. The fourth-order valence-corrected chi connectivity index (χ4v) is 12.7. The molecule has 59 heavy (non-hydrogen) atoms. The van der Waals surface area contributed by atoms with Crippen molar-refractivity contribution in [2.24, 2.45) is 5.73 Å². The maximum absolute atomic E-state index is 15.2. The van der Waals surface area contributed by atoms with Gasteiger partial charge in [0.05, 0.1) is 43.3 Å². The maximum atomic E-state index is 15.2. The van der Waals surface area contributed by atoms with Crippen LogP contribution in [0, 0.1) is 13.8 Å². The van der Waals surface area contributed by atoms with E-state index in [1.807, 2.05) is 50.1 Å². The number of aromatic amines is 1. The van der Waals surface area contributed by atoms with Crippen LogP contribution in [0.4, 0.5) is 0 Å². The van der Waals surface area contributed by atoms with Gasteiger partial charge >= 0.3 is 11.9 Å². The number of piperazine rings is 1. The first-order valence-corrected chi connectivity index (χ1v) is 21.1. The third kappa shape index (κ3) is 5.39. The number of likely N-dealkylation sites (N-methyl/N-ethyl adjacent to an activating group) is 1. The van der Waals surface area contributed by atoms with Gasteiger partial charge in [0.1, 0.15) is 24.3 Å². The summed E-state index contributed by atoms with van der Waals surface area (Å²) >= 11 is 1.61. The van der Waals surface area contributed by atoms with Gasteiger partial charge in [0.15, 0.2) is 28.5 Å². The summed E-state index contributed by atoms with van der Waals surface area (Å²) in [4.78, 5) is 36.0. The van der Waals surface area contributed by atoms with E-state index in [1.165, 1.54) is 6.92 Å². The first kappa shape index (κ1) is 38.5. The number of carbonyl (C=O) groups is 2. The number of aromatic nitrogens is 1. The summed E-state index contributed by atoms with van der Waals surface area (Å²) in [5.74, 6) is 1.84. The van der Waals surface area contributed by atoms with Crippen LogP contribution in [0.3, 0.4) is 0 Å². The van der Waals surface area contributed by atoms with Gasteiger partial charge in [-0.3, -0.25) is 19.9 Å². The molecule has 2 fully saturated rings. The Hall–Kier alpha value is -4.71. The predicted molar refractivity (Wildman–Crippen MR) is 217 cm³/mol. The van der Waals surface area contributed by atoms with Crippen molar-refractivity contribution in [2.75, 3.05) is 47.0 Å². The van der Waals surface area contributed by atoms with Crippen molar-refractivity contribution in [3.05, 3.63) is 68.9 Å². The highest BCUT2D eigenvalue weighted by Gasteiger charge is 2.61. The number of nitrogens with two attached hydrogens (primary N) is 1. The number of aryl methyl sites for hydroxylation is 1. The molecule has 15 nitrogen and oxygen atoms in total. The molecule has 16 heteroatoms. The number of carbonyl (C=O) groups excluding carboxylic acids is 2. The number of nitrogens with zero attached hydrogens (tertiary/aromatic N) is 2. The zero-order valence-electron chi connectivity index (χ0n) is 33.8. The number of phenols is 1. The largest absolute Gasteiger partial charge is 0.504 e. The normalized spacial score (nSPS) is 29.6. The van der Waals surface area contributed by atoms with E-state index in [-0.39, 0.29) is 31.7 Å². The van der Waals surface area contributed by atoms with E-state index in [2.05, 4.69) is 15.2 Å². The lowest BCUT2D eigenvalue weighted by Crippen LogP contribution is -2.69. The topological polar surface area (TPSA) is 190 Å². The number of fused-ring (bicyclic) bond motifs is 12. The number of aliphatic hydroxyl groups excluding tert-OH is 1. The monoisotopic (exact) mass is 827 g/mol. The number of nitrogens with one attached hydrogen (secondary N) is 2. The highest BCUT2D eigenvalue weighted by atomic mass is 32.2. The van der Waals surface area contributed by atoms with Crippen LogP contribution in [0.15, 0.2) is 24.3 Å². The summed E-state index contributed by atoms with van der Waals surface area (Å²) in [5, 5.41) is 28.9. The average molecular weight is 828 g/mol. The third-order valence-electron chi connectivity index (χ3n) is 13.6. The number of ether oxygens (including phenoxy) is 6. The van der Waals surface area contributed by atoms with Gasteiger partial charge in [0.25, 0.3) is 0 Å². The third-order valence-corrected chi connectivity index (χ3v) is 14.9. The van der Waals surface area contributed by atoms with E-state index in [0.29, 0.717) is 76.0 Å². The number of aliphatic hydroxyl groups is 1. The van der Waals surface area contributed by atoms with Crippen molar-refractivity contribution in [3.8, 4) is 34.5 Å². The van der Waals surface area contributed by atoms with Crippen LogP contribution in [0.1, 0.15) is 75.3 Å². The molecule has 0 aliphatic carbocycles. The molecule has 0 radical (unpaired) electrons. The SMILES string of the molecule is COc1ccc2[nH]c3c(c2c1)C[C@H](CN)N[C@]31CCSC2c3c(OC(C)=O)c(C)c4c(c3[C@@H](COC1=O)N1[C@H](O)[C@H]3Cc5cc(C)c(OC)c(O)c5[C@H]([C@@H]21)N3C)OCO4. The Morgan fingerprint density at radius 2 is 1.86 bits per heavy atom. The number of H-pyrrole nitrogens is 1. The van der Waals surface area contributed by atoms with Gasteiger partial charge in [-0.1, -0.05) is 6.07 Å². The Labute approximate surface area is 345 Å². The number of hydrogen-bond acceptors (Lipinski definition) is 15. The number of benzene rings is 3. The minimum absolute atomic E-state index is 0.0548. The average Bonchev–Trinajstić information content (AvgIpc) is 3.85. The molecule has 11 rings (SSSR count). The van der Waals surface area contributed by atoms with Crippen molar-refractivity contribution in [2.45, 2.75) is 87.3 Å². The van der Waals surface area contributed by atoms with E-state index in [1.54, 1.807) is 26.0 Å². The summed E-state index contributed by atoms with van der Waals surface area (Å²) in [6, 6.07) is 5.44. The van der Waals surface area contributed by atoms with Gasteiger partial charge in [-0.15, -0.1) is 0 Å². The van der Waals surface area contributed by atoms with Gasteiger partial charge < -0.3 is 49.4 Å². The van der Waals surface area contributed by atoms with Crippen molar-refractivity contribution in [3.63, 3.8) is 0 Å². The molecule has 8 heterocycles. The molecular weight excluding hydrogens is 779 g/mol. The van der Waals surface area contributed by atoms with Gasteiger partial charge in [-0.05, 0) is 80.8 Å². The second-order valence-electron chi connectivity index (χ2n) is 16.6. The Morgan fingerprint density at radius 1 is 1.07 bits per heavy atom. The highest BCUT2D eigenvalue weighted by molar-refractivity contribution is 7.99. The number of phenolic OH excluding ortho intramolecular Hbond substituents is 1. The molecule has 2 saturated heterocycles. The smallest absolute Gasteiger partial charge is 0.332 e. The minimum atomic E-state index is -1.31. The van der Waals surface area contributed by atoms with Crippen LogP contribution in [0.5, 0.6) is 34.5 Å². The molecule has 1 spiro atoms. The Bertz CT molecular complexity index is 2440. The number of hydrogen-bond donors (Lipinski definition) is 5. The van der Waals surface area contributed by atoms with Crippen LogP contribution in [0.2, 0.25) is 0 Å². The summed E-state index contributed by atoms with van der Waals surface area (Å²) < 4.78 is 36.5. The summed E-state index contributed by atoms with van der Waals surface area (Å²) in [6.45, 7) is 5.16. The van der Waals surface area contributed by atoms with Gasteiger partial charge in [0, 0.05) is 58.7 Å². The minimum Gasteiger partial charge on any atom is -0.504 e. The van der Waals surface area contributed by atoms with E-state index in [9.17, 15) is 15.0 Å². The molecule has 0 amide bonds. The lowest BCUT2D eigenvalue weighted by atomic mass is 9.73. The van der Waals surface area contributed by atoms with Crippen LogP contribution >= 0.6 is 11.8 Å². The number of rotatable bonds is 4. The molecule has 7 aliphatic rings. The van der Waals surface area contributed by atoms with Crippen LogP contribution in [-0.2, 0) is 32.7 Å². The molecule has 6 N–H and O–H groups in total. The number of esters is 2. The predicted octanol–water partition coefficient (Wildman–Crippen LogP) is 3.91. The molecule has 7 aliphatic heterocycles. The quantitative estimate of drug-likeness (QED) is 0.147. The fraction of sp³-hybridized carbons (Fsp3) is 0.488. The van der Waals surface area contributed by atoms with E-state index < -0.39 is 53.1 Å². The molecule has 1 unspecified atom stereocenters. The van der Waals surface area contributed by atoms with Crippen LogP contribution in [-0.4, -0.2) is 108 Å². The van der Waals surface area contributed by atoms with Crippen molar-refractivity contribution >= 4 is 34.6 Å². The van der Waals surface area contributed by atoms with Crippen molar-refractivity contribution in [1.29, 1.82) is 0 Å². The zero-order valence-corrected chi connectivity index (χ0v) is 34.7. The number of aromatic hydroxyl groups is 1. The van der Waals surface area contributed by atoms with Crippen molar-refractivity contribution < 1.29 is 48.2 Å². The number of methoxy groups -OCH3 is 2. The first-order chi connectivity index (χ1) is 28.4. The molecule has 4 aromatic rings. The van der Waals surface area contributed by atoms with Gasteiger partial charge in [-0.2, -0.15) is 11.8 Å². The van der Waals surface area contributed by atoms with E-state index in [0.717, 1.165) is 33.3 Å². The molecule has 8 atom stereocenters. The molecule has 0 saturated carbocycles.